The van der Waals surface area contributed by atoms with E-state index in [4.69, 9.17) is 4.42 Å². The van der Waals surface area contributed by atoms with Gasteiger partial charge in [-0.3, -0.25) is 0 Å². The molecule has 0 unspecified atom stereocenters. The van der Waals surface area contributed by atoms with E-state index in [2.05, 4.69) is 5.32 Å². The number of hydrogen-bond acceptors (Lipinski definition) is 4. The van der Waals surface area contributed by atoms with Crippen LogP contribution in [0.25, 0.3) is 0 Å². The fourth-order valence-electron chi connectivity index (χ4n) is 2.52. The van der Waals surface area contributed by atoms with Crippen molar-refractivity contribution in [3.63, 3.8) is 0 Å². The maximum Gasteiger partial charge on any atom is 0.246 e. The van der Waals surface area contributed by atoms with Crippen LogP contribution in [0.1, 0.15) is 36.3 Å². The van der Waals surface area contributed by atoms with Gasteiger partial charge < -0.3 is 9.73 Å². The first kappa shape index (κ1) is 14.6. The van der Waals surface area contributed by atoms with Crippen molar-refractivity contribution in [1.82, 2.24) is 9.62 Å². The Bertz CT molecular complexity index is 559. The third-order valence-electron chi connectivity index (χ3n) is 3.90. The Kier molecular flexibility index (Phi) is 4.03. The molecule has 1 aliphatic rings. The number of aryl methyl sites for hydroxylation is 2. The standard InChI is InChI=1S/C13H22N2O3S/c1-9-12(8-14-3)13(10(2)18-9)19(16,17)15(4)11-6-5-7-11/h11,14H,5-8H2,1-4H3. The molecule has 1 aromatic heterocycles. The molecule has 0 bridgehead atoms. The molecule has 0 aromatic carbocycles. The summed E-state index contributed by atoms with van der Waals surface area (Å²) in [5.74, 6) is 1.15. The Morgan fingerprint density at radius 1 is 1.32 bits per heavy atom. The molecule has 108 valence electrons. The van der Waals surface area contributed by atoms with E-state index in [1.165, 1.54) is 4.31 Å². The molecular formula is C13H22N2O3S. The zero-order valence-corrected chi connectivity index (χ0v) is 12.8. The van der Waals surface area contributed by atoms with Gasteiger partial charge in [0.25, 0.3) is 0 Å². The number of nitrogens with zero attached hydrogens (tertiary/aromatic N) is 1. The van der Waals surface area contributed by atoms with E-state index < -0.39 is 10.0 Å². The minimum atomic E-state index is -3.46. The van der Waals surface area contributed by atoms with Crippen molar-refractivity contribution in [2.24, 2.45) is 0 Å². The normalized spacial score (nSPS) is 16.9. The third-order valence-corrected chi connectivity index (χ3v) is 6.01. The first-order valence-electron chi connectivity index (χ1n) is 6.61. The van der Waals surface area contributed by atoms with Crippen molar-refractivity contribution < 1.29 is 12.8 Å². The van der Waals surface area contributed by atoms with Crippen LogP contribution in [0.3, 0.4) is 0 Å². The van der Waals surface area contributed by atoms with Gasteiger partial charge >= 0.3 is 0 Å². The predicted octanol–water partition coefficient (Wildman–Crippen LogP) is 1.79. The fraction of sp³-hybridized carbons (Fsp3) is 0.692. The van der Waals surface area contributed by atoms with Crippen LogP contribution in [-0.2, 0) is 16.6 Å². The van der Waals surface area contributed by atoms with Gasteiger partial charge in [0.15, 0.2) is 0 Å². The van der Waals surface area contributed by atoms with Crippen molar-refractivity contribution in [2.75, 3.05) is 14.1 Å². The van der Waals surface area contributed by atoms with Gasteiger partial charge in [0.05, 0.1) is 0 Å². The quantitative estimate of drug-likeness (QED) is 0.896. The van der Waals surface area contributed by atoms with Gasteiger partial charge in [-0.15, -0.1) is 0 Å². The molecule has 0 aliphatic heterocycles. The van der Waals surface area contributed by atoms with Crippen LogP contribution in [0, 0.1) is 13.8 Å². The second kappa shape index (κ2) is 5.26. The molecule has 6 heteroatoms. The third kappa shape index (κ3) is 2.44. The summed E-state index contributed by atoms with van der Waals surface area (Å²) in [5, 5.41) is 3.00. The van der Waals surface area contributed by atoms with Gasteiger partial charge in [-0.2, -0.15) is 4.31 Å². The lowest BCUT2D eigenvalue weighted by atomic mass is 9.94. The Morgan fingerprint density at radius 2 is 1.95 bits per heavy atom. The maximum atomic E-state index is 12.7. The number of rotatable bonds is 5. The molecule has 19 heavy (non-hydrogen) atoms. The Labute approximate surface area is 115 Å². The summed E-state index contributed by atoms with van der Waals surface area (Å²) < 4.78 is 32.5. The second-order valence-corrected chi connectivity index (χ2v) is 7.09. The molecule has 1 N–H and O–H groups in total. The van der Waals surface area contributed by atoms with Gasteiger partial charge in [-0.25, -0.2) is 8.42 Å². The maximum absolute atomic E-state index is 12.7. The average molecular weight is 286 g/mol. The summed E-state index contributed by atoms with van der Waals surface area (Å²) in [6.45, 7) is 4.02. The summed E-state index contributed by atoms with van der Waals surface area (Å²) in [4.78, 5) is 0.341. The highest BCUT2D eigenvalue weighted by Gasteiger charge is 2.36. The Morgan fingerprint density at radius 3 is 2.42 bits per heavy atom. The number of furan rings is 1. The highest BCUT2D eigenvalue weighted by molar-refractivity contribution is 7.89. The first-order valence-corrected chi connectivity index (χ1v) is 8.05. The Hall–Kier alpha value is -0.850. The topological polar surface area (TPSA) is 62.6 Å². The van der Waals surface area contributed by atoms with Crippen LogP contribution in [0.2, 0.25) is 0 Å². The van der Waals surface area contributed by atoms with E-state index in [0.717, 1.165) is 24.8 Å². The van der Waals surface area contributed by atoms with E-state index in [9.17, 15) is 8.42 Å². The summed E-state index contributed by atoms with van der Waals surface area (Å²) in [5.41, 5.74) is 0.742. The van der Waals surface area contributed by atoms with E-state index in [0.29, 0.717) is 23.0 Å². The lowest BCUT2D eigenvalue weighted by Gasteiger charge is -2.33. The van der Waals surface area contributed by atoms with Crippen molar-refractivity contribution in [3.05, 3.63) is 17.1 Å². The highest BCUT2D eigenvalue weighted by Crippen LogP contribution is 2.33. The van der Waals surface area contributed by atoms with Crippen LogP contribution in [0.15, 0.2) is 9.31 Å². The second-order valence-electron chi connectivity index (χ2n) is 5.16. The minimum Gasteiger partial charge on any atom is -0.465 e. The zero-order valence-electron chi connectivity index (χ0n) is 12.0. The van der Waals surface area contributed by atoms with Gasteiger partial charge in [0, 0.05) is 25.2 Å². The van der Waals surface area contributed by atoms with Gasteiger partial charge in [-0.1, -0.05) is 6.42 Å². The average Bonchev–Trinajstić information content (AvgIpc) is 2.52. The van der Waals surface area contributed by atoms with Gasteiger partial charge in [-0.05, 0) is 33.7 Å². The fourth-order valence-corrected chi connectivity index (χ4v) is 4.34. The van der Waals surface area contributed by atoms with Crippen molar-refractivity contribution in [1.29, 1.82) is 0 Å². The summed E-state index contributed by atoms with van der Waals surface area (Å²) in [6.07, 6.45) is 3.01. The highest BCUT2D eigenvalue weighted by atomic mass is 32.2. The molecule has 2 rings (SSSR count). The lowest BCUT2D eigenvalue weighted by molar-refractivity contribution is 0.249. The molecule has 5 nitrogen and oxygen atoms in total. The smallest absolute Gasteiger partial charge is 0.246 e. The van der Waals surface area contributed by atoms with Crippen molar-refractivity contribution in [3.8, 4) is 0 Å². The van der Waals surface area contributed by atoms with Gasteiger partial charge in [0.2, 0.25) is 10.0 Å². The van der Waals surface area contributed by atoms with Gasteiger partial charge in [0.1, 0.15) is 16.4 Å². The Balaban J connectivity index is 2.44. The SMILES string of the molecule is CNCc1c(C)oc(C)c1S(=O)(=O)N(C)C1CCC1. The van der Waals surface area contributed by atoms with Crippen molar-refractivity contribution >= 4 is 10.0 Å². The molecule has 0 spiro atoms. The summed E-state index contributed by atoms with van der Waals surface area (Å²) in [6, 6.07) is 0.141. The van der Waals surface area contributed by atoms with Crippen LogP contribution in [0.4, 0.5) is 0 Å². The molecule has 0 radical (unpaired) electrons. The molecule has 1 aliphatic carbocycles. The predicted molar refractivity (Wildman–Crippen MR) is 73.5 cm³/mol. The molecule has 1 aromatic rings. The lowest BCUT2D eigenvalue weighted by Crippen LogP contribution is -2.41. The molecule has 1 heterocycles. The van der Waals surface area contributed by atoms with E-state index in [1.807, 2.05) is 6.92 Å². The van der Waals surface area contributed by atoms with Crippen LogP contribution in [-0.4, -0.2) is 32.9 Å². The zero-order chi connectivity index (χ0) is 14.2. The van der Waals surface area contributed by atoms with Crippen LogP contribution >= 0.6 is 0 Å². The minimum absolute atomic E-state index is 0.141. The largest absolute Gasteiger partial charge is 0.465 e. The molecule has 0 atom stereocenters. The van der Waals surface area contributed by atoms with Crippen molar-refractivity contribution in [2.45, 2.75) is 50.6 Å². The number of hydrogen-bond donors (Lipinski definition) is 1. The van der Waals surface area contributed by atoms with E-state index >= 15 is 0 Å². The monoisotopic (exact) mass is 286 g/mol. The molecule has 0 amide bonds. The molecule has 0 saturated heterocycles. The van der Waals surface area contributed by atoms with Crippen LogP contribution in [0.5, 0.6) is 0 Å². The van der Waals surface area contributed by atoms with Crippen LogP contribution < -0.4 is 5.32 Å². The molecule has 1 saturated carbocycles. The summed E-state index contributed by atoms with van der Waals surface area (Å²) in [7, 11) is 0.00797. The first-order chi connectivity index (χ1) is 8.89. The summed E-state index contributed by atoms with van der Waals surface area (Å²) >= 11 is 0. The van der Waals surface area contributed by atoms with E-state index in [-0.39, 0.29) is 6.04 Å². The molecule has 1 fully saturated rings. The van der Waals surface area contributed by atoms with E-state index in [1.54, 1.807) is 21.0 Å². The number of nitrogens with one attached hydrogen (secondary N) is 1. The number of sulfonamides is 1. The molecular weight excluding hydrogens is 264 g/mol.